The monoisotopic (exact) mass is 357 g/mol. The van der Waals surface area contributed by atoms with Crippen molar-refractivity contribution >= 4 is 23.0 Å². The summed E-state index contributed by atoms with van der Waals surface area (Å²) in [5, 5.41) is 17.2. The molecule has 0 heterocycles. The molecule has 0 unspecified atom stereocenters. The standard InChI is InChI=1S/C19H23N3O4/c1-4-14-7-5-6-13(2)18(14)21-19(23)15-8-9-16(20-10-11-26-3)17(12-15)22(24)25/h5-9,12,20H,4,10-11H2,1-3H3,(H,21,23). The van der Waals surface area contributed by atoms with E-state index in [9.17, 15) is 14.9 Å². The fraction of sp³-hybridized carbons (Fsp3) is 0.316. The van der Waals surface area contributed by atoms with Gasteiger partial charge in [0, 0.05) is 31.0 Å². The number of anilines is 2. The normalized spacial score (nSPS) is 10.4. The van der Waals surface area contributed by atoms with Gasteiger partial charge >= 0.3 is 0 Å². The lowest BCUT2D eigenvalue weighted by atomic mass is 10.1. The lowest BCUT2D eigenvalue weighted by molar-refractivity contribution is -0.384. The van der Waals surface area contributed by atoms with Crippen molar-refractivity contribution in [2.24, 2.45) is 0 Å². The summed E-state index contributed by atoms with van der Waals surface area (Å²) in [7, 11) is 1.56. The molecule has 0 spiro atoms. The highest BCUT2D eigenvalue weighted by molar-refractivity contribution is 6.05. The number of para-hydroxylation sites is 1. The zero-order chi connectivity index (χ0) is 19.1. The largest absolute Gasteiger partial charge is 0.383 e. The molecule has 0 aromatic heterocycles. The number of ether oxygens (including phenoxy) is 1. The molecule has 138 valence electrons. The van der Waals surface area contributed by atoms with Crippen molar-refractivity contribution in [1.29, 1.82) is 0 Å². The molecule has 0 aliphatic heterocycles. The molecular weight excluding hydrogens is 334 g/mol. The molecule has 2 aromatic rings. The van der Waals surface area contributed by atoms with Crippen molar-refractivity contribution in [3.8, 4) is 0 Å². The van der Waals surface area contributed by atoms with Crippen molar-refractivity contribution in [1.82, 2.24) is 0 Å². The van der Waals surface area contributed by atoms with Gasteiger partial charge < -0.3 is 15.4 Å². The first-order valence-corrected chi connectivity index (χ1v) is 8.39. The molecule has 0 saturated heterocycles. The van der Waals surface area contributed by atoms with Gasteiger partial charge in [-0.2, -0.15) is 0 Å². The van der Waals surface area contributed by atoms with Gasteiger partial charge in [0.05, 0.1) is 11.5 Å². The highest BCUT2D eigenvalue weighted by Crippen LogP contribution is 2.27. The number of aryl methyl sites for hydroxylation is 2. The van der Waals surface area contributed by atoms with Crippen LogP contribution in [0.25, 0.3) is 0 Å². The van der Waals surface area contributed by atoms with Gasteiger partial charge in [0.2, 0.25) is 0 Å². The Morgan fingerprint density at radius 1 is 1.27 bits per heavy atom. The number of benzene rings is 2. The summed E-state index contributed by atoms with van der Waals surface area (Å²) in [5.41, 5.74) is 3.17. The third-order valence-corrected chi connectivity index (χ3v) is 4.06. The number of rotatable bonds is 8. The fourth-order valence-corrected chi connectivity index (χ4v) is 2.65. The van der Waals surface area contributed by atoms with Gasteiger partial charge in [0.25, 0.3) is 11.6 Å². The van der Waals surface area contributed by atoms with Crippen LogP contribution in [0.15, 0.2) is 36.4 Å². The quantitative estimate of drug-likeness (QED) is 0.426. The average Bonchev–Trinajstić information content (AvgIpc) is 2.63. The zero-order valence-electron chi connectivity index (χ0n) is 15.2. The lowest BCUT2D eigenvalue weighted by Crippen LogP contribution is -2.15. The van der Waals surface area contributed by atoms with E-state index in [1.807, 2.05) is 32.0 Å². The molecule has 0 aliphatic rings. The van der Waals surface area contributed by atoms with Gasteiger partial charge in [0.15, 0.2) is 0 Å². The number of nitro benzene ring substituents is 1. The first-order valence-electron chi connectivity index (χ1n) is 8.39. The van der Waals surface area contributed by atoms with E-state index in [1.165, 1.54) is 6.07 Å². The number of methoxy groups -OCH3 is 1. The Balaban J connectivity index is 2.27. The van der Waals surface area contributed by atoms with Crippen LogP contribution in [0.3, 0.4) is 0 Å². The third-order valence-electron chi connectivity index (χ3n) is 4.06. The number of carbonyl (C=O) groups excluding carboxylic acids is 1. The van der Waals surface area contributed by atoms with Crippen molar-refractivity contribution in [2.45, 2.75) is 20.3 Å². The first-order chi connectivity index (χ1) is 12.5. The summed E-state index contributed by atoms with van der Waals surface area (Å²) in [5.74, 6) is -0.374. The van der Waals surface area contributed by atoms with Crippen LogP contribution in [0.2, 0.25) is 0 Å². The van der Waals surface area contributed by atoms with Gasteiger partial charge in [-0.15, -0.1) is 0 Å². The molecule has 2 rings (SSSR count). The van der Waals surface area contributed by atoms with E-state index in [2.05, 4.69) is 10.6 Å². The van der Waals surface area contributed by atoms with Gasteiger partial charge in [-0.05, 0) is 36.6 Å². The Hall–Kier alpha value is -2.93. The summed E-state index contributed by atoms with van der Waals surface area (Å²) in [6.07, 6.45) is 0.778. The lowest BCUT2D eigenvalue weighted by Gasteiger charge is -2.13. The molecule has 0 fully saturated rings. The van der Waals surface area contributed by atoms with E-state index in [0.717, 1.165) is 23.2 Å². The summed E-state index contributed by atoms with van der Waals surface area (Å²) in [6, 6.07) is 10.2. The molecule has 7 nitrogen and oxygen atoms in total. The maximum absolute atomic E-state index is 12.6. The Morgan fingerprint density at radius 2 is 2.04 bits per heavy atom. The molecule has 26 heavy (non-hydrogen) atoms. The smallest absolute Gasteiger partial charge is 0.293 e. The zero-order valence-corrected chi connectivity index (χ0v) is 15.2. The number of nitrogens with one attached hydrogen (secondary N) is 2. The summed E-state index contributed by atoms with van der Waals surface area (Å²) >= 11 is 0. The van der Waals surface area contributed by atoms with Gasteiger partial charge in [0.1, 0.15) is 5.69 Å². The highest BCUT2D eigenvalue weighted by Gasteiger charge is 2.18. The van der Waals surface area contributed by atoms with Crippen LogP contribution in [0.5, 0.6) is 0 Å². The Morgan fingerprint density at radius 3 is 2.69 bits per heavy atom. The van der Waals surface area contributed by atoms with E-state index < -0.39 is 4.92 Å². The minimum Gasteiger partial charge on any atom is -0.383 e. The number of hydrogen-bond acceptors (Lipinski definition) is 5. The van der Waals surface area contributed by atoms with E-state index in [-0.39, 0.29) is 17.2 Å². The SMILES string of the molecule is CCc1cccc(C)c1NC(=O)c1ccc(NCCOC)c([N+](=O)[O-])c1. The van der Waals surface area contributed by atoms with Crippen LogP contribution in [0.4, 0.5) is 17.1 Å². The number of nitrogens with zero attached hydrogens (tertiary/aromatic N) is 1. The van der Waals surface area contributed by atoms with Crippen LogP contribution >= 0.6 is 0 Å². The Kier molecular flexibility index (Phi) is 6.68. The molecule has 2 N–H and O–H groups in total. The van der Waals surface area contributed by atoms with E-state index in [4.69, 9.17) is 4.74 Å². The first kappa shape index (κ1) is 19.4. The fourth-order valence-electron chi connectivity index (χ4n) is 2.65. The minimum absolute atomic E-state index is 0.144. The van der Waals surface area contributed by atoms with Crippen LogP contribution < -0.4 is 10.6 Å². The van der Waals surface area contributed by atoms with Gasteiger partial charge in [-0.25, -0.2) is 0 Å². The van der Waals surface area contributed by atoms with Crippen molar-refractivity contribution in [3.63, 3.8) is 0 Å². The van der Waals surface area contributed by atoms with Gasteiger partial charge in [-0.1, -0.05) is 25.1 Å². The number of amides is 1. The van der Waals surface area contributed by atoms with E-state index >= 15 is 0 Å². The summed E-state index contributed by atoms with van der Waals surface area (Å²) in [6.45, 7) is 4.79. The molecule has 0 atom stereocenters. The molecule has 2 aromatic carbocycles. The second-order valence-electron chi connectivity index (χ2n) is 5.83. The second kappa shape index (κ2) is 8.96. The summed E-state index contributed by atoms with van der Waals surface area (Å²) in [4.78, 5) is 23.4. The molecule has 0 radical (unpaired) electrons. The molecular formula is C19H23N3O4. The van der Waals surface area contributed by atoms with Gasteiger partial charge in [-0.3, -0.25) is 14.9 Å². The van der Waals surface area contributed by atoms with Crippen LogP contribution in [-0.2, 0) is 11.2 Å². The van der Waals surface area contributed by atoms with Crippen molar-refractivity contribution in [3.05, 3.63) is 63.2 Å². The van der Waals surface area contributed by atoms with Crippen LogP contribution in [0, 0.1) is 17.0 Å². The highest BCUT2D eigenvalue weighted by atomic mass is 16.6. The predicted octanol–water partition coefficient (Wildman–Crippen LogP) is 3.78. The average molecular weight is 357 g/mol. The maximum atomic E-state index is 12.6. The van der Waals surface area contributed by atoms with Crippen LogP contribution in [0.1, 0.15) is 28.4 Å². The maximum Gasteiger partial charge on any atom is 0.293 e. The number of nitro groups is 1. The number of carbonyl (C=O) groups is 1. The Labute approximate surface area is 152 Å². The summed E-state index contributed by atoms with van der Waals surface area (Å²) < 4.78 is 4.93. The molecule has 1 amide bonds. The predicted molar refractivity (Wildman–Crippen MR) is 102 cm³/mol. The molecule has 0 aliphatic carbocycles. The van der Waals surface area contributed by atoms with E-state index in [1.54, 1.807) is 19.2 Å². The second-order valence-corrected chi connectivity index (χ2v) is 5.83. The molecule has 0 saturated carbocycles. The van der Waals surface area contributed by atoms with Crippen molar-refractivity contribution < 1.29 is 14.5 Å². The van der Waals surface area contributed by atoms with Crippen LogP contribution in [-0.4, -0.2) is 31.1 Å². The molecule has 0 bridgehead atoms. The van der Waals surface area contributed by atoms with Crippen molar-refractivity contribution in [2.75, 3.05) is 30.9 Å². The Bertz CT molecular complexity index is 805. The van der Waals surface area contributed by atoms with E-state index in [0.29, 0.717) is 18.8 Å². The minimum atomic E-state index is -0.503. The topological polar surface area (TPSA) is 93.5 Å². The number of hydrogen-bond donors (Lipinski definition) is 2. The molecule has 7 heteroatoms. The third kappa shape index (κ3) is 4.58.